The van der Waals surface area contributed by atoms with Crippen molar-refractivity contribution in [3.63, 3.8) is 0 Å². The van der Waals surface area contributed by atoms with Gasteiger partial charge in [-0.25, -0.2) is 0 Å². The summed E-state index contributed by atoms with van der Waals surface area (Å²) in [4.78, 5) is 14.9. The molecule has 3 saturated heterocycles. The number of fused-ring (bicyclic) bond motifs is 3. The predicted molar refractivity (Wildman–Crippen MR) is 105 cm³/mol. The number of aromatic nitrogens is 3. The fraction of sp³-hybridized carbons (Fsp3) is 0.550. The summed E-state index contributed by atoms with van der Waals surface area (Å²) >= 11 is 0. The van der Waals surface area contributed by atoms with Crippen LogP contribution in [0.5, 0.6) is 0 Å². The van der Waals surface area contributed by atoms with Crippen LogP contribution >= 0.6 is 0 Å². The number of hydrogen-bond donors (Lipinski definition) is 2. The number of nitrogen functional groups attached to an aromatic ring is 1. The van der Waals surface area contributed by atoms with Crippen molar-refractivity contribution in [2.75, 3.05) is 18.8 Å². The molecule has 27 heavy (non-hydrogen) atoms. The van der Waals surface area contributed by atoms with E-state index in [1.807, 2.05) is 49.0 Å². The standard InChI is InChI=1S/C20H28N6O/c1-13(2)22-20(27)18-11-25-7-6-14(18)9-17(25)10-26-12-19(23-24-26)15-4-3-5-16(21)8-15/h3-5,8,12-14,17-18H,6-7,9-11,21H2,1-2H3,(H,22,27)/t14-,17-,18+/m1/s1. The predicted octanol–water partition coefficient (Wildman–Crippen LogP) is 1.76. The third-order valence-corrected chi connectivity index (χ3v) is 5.77. The summed E-state index contributed by atoms with van der Waals surface area (Å²) in [6, 6.07) is 8.32. The van der Waals surface area contributed by atoms with Crippen LogP contribution in [0.4, 0.5) is 5.69 Å². The number of benzene rings is 1. The van der Waals surface area contributed by atoms with Crippen molar-refractivity contribution in [2.24, 2.45) is 11.8 Å². The van der Waals surface area contributed by atoms with Crippen molar-refractivity contribution in [1.82, 2.24) is 25.2 Å². The number of rotatable bonds is 5. The lowest BCUT2D eigenvalue weighted by Gasteiger charge is -2.49. The number of hydrogen-bond acceptors (Lipinski definition) is 5. The highest BCUT2D eigenvalue weighted by atomic mass is 16.2. The van der Waals surface area contributed by atoms with Crippen molar-refractivity contribution in [3.05, 3.63) is 30.5 Å². The zero-order valence-electron chi connectivity index (χ0n) is 16.0. The molecule has 7 heteroatoms. The van der Waals surface area contributed by atoms with Crippen molar-refractivity contribution in [2.45, 2.75) is 45.3 Å². The van der Waals surface area contributed by atoms with Crippen LogP contribution in [0.25, 0.3) is 11.3 Å². The quantitative estimate of drug-likeness (QED) is 0.785. The summed E-state index contributed by atoms with van der Waals surface area (Å²) in [7, 11) is 0. The van der Waals surface area contributed by atoms with E-state index in [0.29, 0.717) is 12.0 Å². The molecule has 7 nitrogen and oxygen atoms in total. The van der Waals surface area contributed by atoms with Crippen LogP contribution < -0.4 is 11.1 Å². The molecule has 1 aromatic carbocycles. The molecule has 1 aromatic heterocycles. The van der Waals surface area contributed by atoms with Crippen LogP contribution in [0.1, 0.15) is 26.7 Å². The van der Waals surface area contributed by atoms with Gasteiger partial charge in [0.25, 0.3) is 0 Å². The van der Waals surface area contributed by atoms with Gasteiger partial charge in [-0.1, -0.05) is 17.3 Å². The number of nitrogens with one attached hydrogen (secondary N) is 1. The van der Waals surface area contributed by atoms with E-state index in [-0.39, 0.29) is 17.9 Å². The summed E-state index contributed by atoms with van der Waals surface area (Å²) in [5, 5.41) is 11.7. The largest absolute Gasteiger partial charge is 0.399 e. The lowest BCUT2D eigenvalue weighted by atomic mass is 9.75. The Morgan fingerprint density at radius 1 is 1.41 bits per heavy atom. The van der Waals surface area contributed by atoms with Gasteiger partial charge < -0.3 is 11.1 Å². The van der Waals surface area contributed by atoms with Crippen LogP contribution in [-0.2, 0) is 11.3 Å². The molecule has 4 atom stereocenters. The maximum atomic E-state index is 12.5. The smallest absolute Gasteiger partial charge is 0.224 e. The first-order valence-electron chi connectivity index (χ1n) is 9.80. The first kappa shape index (κ1) is 18.0. The van der Waals surface area contributed by atoms with Crippen LogP contribution in [-0.4, -0.2) is 51.0 Å². The van der Waals surface area contributed by atoms with Crippen LogP contribution in [0.15, 0.2) is 30.5 Å². The second kappa shape index (κ2) is 7.31. The first-order chi connectivity index (χ1) is 13.0. The zero-order chi connectivity index (χ0) is 19.0. The third kappa shape index (κ3) is 3.83. The van der Waals surface area contributed by atoms with Gasteiger partial charge in [-0.05, 0) is 51.3 Å². The molecule has 0 saturated carbocycles. The molecule has 3 N–H and O–H groups in total. The van der Waals surface area contributed by atoms with Crippen LogP contribution in [0, 0.1) is 11.8 Å². The molecule has 0 radical (unpaired) electrons. The Hall–Kier alpha value is -2.41. The average Bonchev–Trinajstić information content (AvgIpc) is 3.10. The van der Waals surface area contributed by atoms with Gasteiger partial charge in [-0.3, -0.25) is 14.4 Å². The minimum Gasteiger partial charge on any atom is -0.399 e. The Bertz CT molecular complexity index is 816. The molecule has 3 aliphatic heterocycles. The summed E-state index contributed by atoms with van der Waals surface area (Å²) < 4.78 is 1.92. The van der Waals surface area contributed by atoms with E-state index in [1.165, 1.54) is 0 Å². The van der Waals surface area contributed by atoms with E-state index in [2.05, 4.69) is 20.5 Å². The molecule has 0 spiro atoms. The van der Waals surface area contributed by atoms with E-state index in [0.717, 1.165) is 49.4 Å². The Balaban J connectivity index is 1.41. The van der Waals surface area contributed by atoms with Crippen molar-refractivity contribution < 1.29 is 4.79 Å². The topological polar surface area (TPSA) is 89.1 Å². The molecule has 3 aliphatic rings. The highest BCUT2D eigenvalue weighted by molar-refractivity contribution is 5.79. The van der Waals surface area contributed by atoms with Gasteiger partial charge in [-0.15, -0.1) is 5.10 Å². The van der Waals surface area contributed by atoms with Gasteiger partial charge in [-0.2, -0.15) is 0 Å². The highest BCUT2D eigenvalue weighted by Gasteiger charge is 2.43. The molecular weight excluding hydrogens is 340 g/mol. The van der Waals surface area contributed by atoms with Gasteiger partial charge >= 0.3 is 0 Å². The summed E-state index contributed by atoms with van der Waals surface area (Å²) in [6.07, 6.45) is 4.14. The minimum absolute atomic E-state index is 0.121. The Morgan fingerprint density at radius 3 is 2.96 bits per heavy atom. The van der Waals surface area contributed by atoms with Crippen molar-refractivity contribution in [1.29, 1.82) is 0 Å². The average molecular weight is 368 g/mol. The molecule has 2 bridgehead atoms. The Kier molecular flexibility index (Phi) is 4.86. The number of amides is 1. The lowest BCUT2D eigenvalue weighted by molar-refractivity contribution is -0.133. The monoisotopic (exact) mass is 368 g/mol. The van der Waals surface area contributed by atoms with Gasteiger partial charge in [0.2, 0.25) is 5.91 Å². The van der Waals surface area contributed by atoms with Gasteiger partial charge in [0.05, 0.1) is 18.7 Å². The molecule has 4 heterocycles. The van der Waals surface area contributed by atoms with Crippen molar-refractivity contribution >= 4 is 11.6 Å². The van der Waals surface area contributed by atoms with Crippen LogP contribution in [0.3, 0.4) is 0 Å². The maximum Gasteiger partial charge on any atom is 0.224 e. The maximum absolute atomic E-state index is 12.5. The molecule has 1 amide bonds. The number of piperidine rings is 3. The second-order valence-electron chi connectivity index (χ2n) is 8.15. The van der Waals surface area contributed by atoms with Gasteiger partial charge in [0.1, 0.15) is 5.69 Å². The molecule has 0 aliphatic carbocycles. The fourth-order valence-electron chi connectivity index (χ4n) is 4.45. The molecular formula is C20H28N6O. The number of carbonyl (C=O) groups is 1. The normalized spacial score (nSPS) is 27.1. The number of nitrogens with zero attached hydrogens (tertiary/aromatic N) is 4. The Labute approximate surface area is 159 Å². The number of nitrogens with two attached hydrogens (primary N) is 1. The summed E-state index contributed by atoms with van der Waals surface area (Å²) in [5.41, 5.74) is 8.42. The molecule has 144 valence electrons. The minimum atomic E-state index is 0.121. The first-order valence-corrected chi connectivity index (χ1v) is 9.80. The summed E-state index contributed by atoms with van der Waals surface area (Å²) in [6.45, 7) is 6.77. The van der Waals surface area contributed by atoms with E-state index in [9.17, 15) is 4.79 Å². The molecule has 3 fully saturated rings. The number of carbonyl (C=O) groups excluding carboxylic acids is 1. The molecule has 1 unspecified atom stereocenters. The number of anilines is 1. The highest BCUT2D eigenvalue weighted by Crippen LogP contribution is 2.37. The van der Waals surface area contributed by atoms with E-state index in [4.69, 9.17) is 5.73 Å². The van der Waals surface area contributed by atoms with E-state index < -0.39 is 0 Å². The van der Waals surface area contributed by atoms with Gasteiger partial charge in [0.15, 0.2) is 0 Å². The third-order valence-electron chi connectivity index (χ3n) is 5.77. The van der Waals surface area contributed by atoms with Crippen molar-refractivity contribution in [3.8, 4) is 11.3 Å². The second-order valence-corrected chi connectivity index (χ2v) is 8.15. The SMILES string of the molecule is CC(C)NC(=O)[C@H]1CN2CC[C@@H]1C[C@@H]2Cn1cc(-c2cccc(N)c2)nn1. The molecule has 2 aromatic rings. The van der Waals surface area contributed by atoms with Gasteiger partial charge in [0, 0.05) is 29.9 Å². The van der Waals surface area contributed by atoms with E-state index in [1.54, 1.807) is 0 Å². The lowest BCUT2D eigenvalue weighted by Crippen LogP contribution is -2.58. The zero-order valence-corrected chi connectivity index (χ0v) is 16.0. The summed E-state index contributed by atoms with van der Waals surface area (Å²) in [5.74, 6) is 0.800. The molecule has 5 rings (SSSR count). The van der Waals surface area contributed by atoms with E-state index >= 15 is 0 Å². The van der Waals surface area contributed by atoms with Crippen LogP contribution in [0.2, 0.25) is 0 Å². The Morgan fingerprint density at radius 2 is 2.26 bits per heavy atom. The fourth-order valence-corrected chi connectivity index (χ4v) is 4.45.